The van der Waals surface area contributed by atoms with E-state index < -0.39 is 0 Å². The van der Waals surface area contributed by atoms with Crippen molar-refractivity contribution in [2.24, 2.45) is 0 Å². The Kier molecular flexibility index (Phi) is 5.35. The molecular formula is C18H26N4O2. The third-order valence-corrected chi connectivity index (χ3v) is 4.64. The molecule has 6 nitrogen and oxygen atoms in total. The van der Waals surface area contributed by atoms with Gasteiger partial charge in [0.25, 0.3) is 0 Å². The minimum Gasteiger partial charge on any atom is -0.385 e. The van der Waals surface area contributed by atoms with Gasteiger partial charge >= 0.3 is 6.03 Å². The number of aromatic nitrogens is 2. The van der Waals surface area contributed by atoms with Crippen molar-refractivity contribution in [3.8, 4) is 0 Å². The Morgan fingerprint density at radius 2 is 2.33 bits per heavy atom. The number of imidazole rings is 1. The first kappa shape index (κ1) is 16.8. The smallest absolute Gasteiger partial charge is 0.318 e. The minimum atomic E-state index is -0.00700. The van der Waals surface area contributed by atoms with E-state index in [0.29, 0.717) is 13.2 Å². The highest BCUT2D eigenvalue weighted by molar-refractivity contribution is 5.76. The molecule has 1 aromatic heterocycles. The van der Waals surface area contributed by atoms with Crippen LogP contribution in [0.5, 0.6) is 0 Å². The van der Waals surface area contributed by atoms with Crippen molar-refractivity contribution in [2.75, 3.05) is 20.3 Å². The molecule has 1 saturated heterocycles. The SMILES string of the molecule is COCCC1CCCCN1C(=O)NCc1nc2ccc(C)cc2[nH]1. The first-order chi connectivity index (χ1) is 11.7. The lowest BCUT2D eigenvalue weighted by Gasteiger charge is -2.35. The zero-order chi connectivity index (χ0) is 16.9. The van der Waals surface area contributed by atoms with Crippen LogP contribution >= 0.6 is 0 Å². The molecular weight excluding hydrogens is 304 g/mol. The standard InChI is InChI=1S/C18H26N4O2/c1-13-6-7-15-16(11-13)21-17(20-15)12-19-18(23)22-9-4-3-5-14(22)8-10-24-2/h6-7,11,14H,3-5,8-10,12H2,1-2H3,(H,19,23)(H,20,21). The average Bonchev–Trinajstić information content (AvgIpc) is 3.00. The summed E-state index contributed by atoms with van der Waals surface area (Å²) in [5, 5.41) is 3.00. The van der Waals surface area contributed by atoms with Gasteiger partial charge < -0.3 is 19.9 Å². The van der Waals surface area contributed by atoms with E-state index in [9.17, 15) is 4.79 Å². The summed E-state index contributed by atoms with van der Waals surface area (Å²) in [7, 11) is 1.70. The van der Waals surface area contributed by atoms with Crippen LogP contribution in [0.25, 0.3) is 11.0 Å². The molecule has 0 spiro atoms. The molecule has 24 heavy (non-hydrogen) atoms. The molecule has 1 fully saturated rings. The first-order valence-electron chi connectivity index (χ1n) is 8.66. The number of benzene rings is 1. The molecule has 0 aliphatic carbocycles. The number of carbonyl (C=O) groups excluding carboxylic acids is 1. The van der Waals surface area contributed by atoms with Gasteiger partial charge in [-0.2, -0.15) is 0 Å². The summed E-state index contributed by atoms with van der Waals surface area (Å²) in [5.41, 5.74) is 3.13. The number of piperidine rings is 1. The minimum absolute atomic E-state index is 0.00700. The van der Waals surface area contributed by atoms with E-state index in [2.05, 4.69) is 28.3 Å². The number of methoxy groups -OCH3 is 1. The lowest BCUT2D eigenvalue weighted by Crippen LogP contribution is -2.48. The van der Waals surface area contributed by atoms with E-state index in [1.165, 1.54) is 12.0 Å². The molecule has 1 atom stereocenters. The molecule has 0 saturated carbocycles. The number of urea groups is 1. The van der Waals surface area contributed by atoms with Gasteiger partial charge in [0.2, 0.25) is 0 Å². The maximum Gasteiger partial charge on any atom is 0.318 e. The number of rotatable bonds is 5. The lowest BCUT2D eigenvalue weighted by molar-refractivity contribution is 0.116. The van der Waals surface area contributed by atoms with Crippen LogP contribution in [0.15, 0.2) is 18.2 Å². The van der Waals surface area contributed by atoms with E-state index in [1.807, 2.05) is 17.0 Å². The lowest BCUT2D eigenvalue weighted by atomic mass is 10.0. The van der Waals surface area contributed by atoms with Gasteiger partial charge in [0, 0.05) is 26.3 Å². The molecule has 1 aromatic carbocycles. The predicted molar refractivity (Wildman–Crippen MR) is 93.9 cm³/mol. The van der Waals surface area contributed by atoms with Crippen LogP contribution in [0.2, 0.25) is 0 Å². The Morgan fingerprint density at radius 1 is 1.46 bits per heavy atom. The van der Waals surface area contributed by atoms with Crippen LogP contribution in [-0.4, -0.2) is 47.2 Å². The molecule has 2 amide bonds. The van der Waals surface area contributed by atoms with E-state index in [0.717, 1.165) is 42.7 Å². The number of aromatic amines is 1. The van der Waals surface area contributed by atoms with Crippen molar-refractivity contribution >= 4 is 17.1 Å². The summed E-state index contributed by atoms with van der Waals surface area (Å²) in [4.78, 5) is 22.3. The monoisotopic (exact) mass is 330 g/mol. The van der Waals surface area contributed by atoms with Crippen LogP contribution < -0.4 is 5.32 Å². The van der Waals surface area contributed by atoms with Crippen LogP contribution in [0.4, 0.5) is 4.79 Å². The summed E-state index contributed by atoms with van der Waals surface area (Å²) in [6.07, 6.45) is 4.20. The second-order valence-electron chi connectivity index (χ2n) is 6.49. The van der Waals surface area contributed by atoms with Crippen LogP contribution in [0, 0.1) is 6.92 Å². The van der Waals surface area contributed by atoms with Gasteiger partial charge in [-0.15, -0.1) is 0 Å². The van der Waals surface area contributed by atoms with Gasteiger partial charge in [0.15, 0.2) is 0 Å². The maximum absolute atomic E-state index is 12.5. The highest BCUT2D eigenvalue weighted by Gasteiger charge is 2.26. The summed E-state index contributed by atoms with van der Waals surface area (Å²) < 4.78 is 5.17. The van der Waals surface area contributed by atoms with Crippen molar-refractivity contribution in [1.29, 1.82) is 0 Å². The topological polar surface area (TPSA) is 70.2 Å². The van der Waals surface area contributed by atoms with Crippen molar-refractivity contribution in [3.63, 3.8) is 0 Å². The number of hydrogen-bond acceptors (Lipinski definition) is 3. The van der Waals surface area contributed by atoms with Gasteiger partial charge in [-0.25, -0.2) is 9.78 Å². The number of nitrogens with zero attached hydrogens (tertiary/aromatic N) is 2. The van der Waals surface area contributed by atoms with E-state index >= 15 is 0 Å². The molecule has 2 heterocycles. The molecule has 130 valence electrons. The van der Waals surface area contributed by atoms with E-state index in [1.54, 1.807) is 7.11 Å². The van der Waals surface area contributed by atoms with Crippen LogP contribution in [0.1, 0.15) is 37.1 Å². The Balaban J connectivity index is 1.60. The predicted octanol–water partition coefficient (Wildman–Crippen LogP) is 2.97. The van der Waals surface area contributed by atoms with Crippen molar-refractivity contribution < 1.29 is 9.53 Å². The summed E-state index contributed by atoms with van der Waals surface area (Å²) >= 11 is 0. The highest BCUT2D eigenvalue weighted by atomic mass is 16.5. The van der Waals surface area contributed by atoms with Crippen molar-refractivity contribution in [1.82, 2.24) is 20.2 Å². The fraction of sp³-hybridized carbons (Fsp3) is 0.556. The number of likely N-dealkylation sites (tertiary alicyclic amines) is 1. The zero-order valence-corrected chi connectivity index (χ0v) is 14.5. The normalized spacial score (nSPS) is 18.1. The number of carbonyl (C=O) groups is 1. The molecule has 3 rings (SSSR count). The highest BCUT2D eigenvalue weighted by Crippen LogP contribution is 2.20. The van der Waals surface area contributed by atoms with E-state index in [-0.39, 0.29) is 12.1 Å². The van der Waals surface area contributed by atoms with Crippen LogP contribution in [0.3, 0.4) is 0 Å². The molecule has 2 N–H and O–H groups in total. The number of hydrogen-bond donors (Lipinski definition) is 2. The molecule has 2 aromatic rings. The number of ether oxygens (including phenoxy) is 1. The van der Waals surface area contributed by atoms with Crippen LogP contribution in [-0.2, 0) is 11.3 Å². The summed E-state index contributed by atoms with van der Waals surface area (Å²) in [5.74, 6) is 0.786. The van der Waals surface area contributed by atoms with Gasteiger partial charge in [-0.05, 0) is 50.3 Å². The summed E-state index contributed by atoms with van der Waals surface area (Å²) in [6.45, 7) is 3.98. The maximum atomic E-state index is 12.5. The van der Waals surface area contributed by atoms with Gasteiger partial charge in [0.05, 0.1) is 17.6 Å². The second kappa shape index (κ2) is 7.66. The number of fused-ring (bicyclic) bond motifs is 1. The Hall–Kier alpha value is -2.08. The molecule has 0 bridgehead atoms. The molecule has 0 radical (unpaired) electrons. The number of amides is 2. The first-order valence-corrected chi connectivity index (χ1v) is 8.66. The summed E-state index contributed by atoms with van der Waals surface area (Å²) in [6, 6.07) is 6.38. The van der Waals surface area contributed by atoms with Crippen molar-refractivity contribution in [3.05, 3.63) is 29.6 Å². The van der Waals surface area contributed by atoms with Crippen molar-refractivity contribution in [2.45, 2.75) is 45.2 Å². The van der Waals surface area contributed by atoms with Gasteiger partial charge in [-0.3, -0.25) is 0 Å². The Bertz CT molecular complexity index is 697. The van der Waals surface area contributed by atoms with Gasteiger partial charge in [-0.1, -0.05) is 6.07 Å². The molecule has 6 heteroatoms. The molecule has 1 aliphatic rings. The van der Waals surface area contributed by atoms with E-state index in [4.69, 9.17) is 4.74 Å². The fourth-order valence-corrected chi connectivity index (χ4v) is 3.34. The van der Waals surface area contributed by atoms with Gasteiger partial charge in [0.1, 0.15) is 5.82 Å². The Morgan fingerprint density at radius 3 is 3.17 bits per heavy atom. The molecule has 1 unspecified atom stereocenters. The second-order valence-corrected chi connectivity index (χ2v) is 6.49. The zero-order valence-electron chi connectivity index (χ0n) is 14.5. The third-order valence-electron chi connectivity index (χ3n) is 4.64. The molecule has 1 aliphatic heterocycles. The number of H-pyrrole nitrogens is 1. The Labute approximate surface area is 142 Å². The largest absolute Gasteiger partial charge is 0.385 e. The third kappa shape index (κ3) is 3.87. The average molecular weight is 330 g/mol. The fourth-order valence-electron chi connectivity index (χ4n) is 3.34. The number of nitrogens with one attached hydrogen (secondary N) is 2. The quantitative estimate of drug-likeness (QED) is 0.885. The number of aryl methyl sites for hydroxylation is 1.